The lowest BCUT2D eigenvalue weighted by molar-refractivity contribution is -0.143. The van der Waals surface area contributed by atoms with E-state index in [4.69, 9.17) is 22.3 Å². The van der Waals surface area contributed by atoms with Crippen LogP contribution in [0, 0.1) is 0 Å². The molecule has 0 saturated carbocycles. The Labute approximate surface area is 75.5 Å². The van der Waals surface area contributed by atoms with Crippen molar-refractivity contribution in [3.8, 4) is 0 Å². The van der Waals surface area contributed by atoms with Crippen LogP contribution in [0.1, 0.15) is 12.8 Å². The third-order valence-corrected chi connectivity index (χ3v) is 1.18. The lowest BCUT2D eigenvalue weighted by atomic mass is 10.1. The molecule has 6 nitrogen and oxygen atoms in total. The van der Waals surface area contributed by atoms with E-state index >= 15 is 0 Å². The van der Waals surface area contributed by atoms with Crippen LogP contribution in [0.5, 0.6) is 0 Å². The number of amides is 1. The molecule has 12 heavy (non-hydrogen) atoms. The fourth-order valence-electron chi connectivity index (χ4n) is 0.437. The Hall–Kier alpha value is -0.850. The number of carbonyl (C=O) groups excluding carboxylic acids is 1. The van der Waals surface area contributed by atoms with Crippen molar-refractivity contribution in [3.63, 3.8) is 0 Å². The number of carboxylic acid groups (broad SMARTS) is 1. The Morgan fingerprint density at radius 2 is 1.75 bits per heavy atom. The molecular formula is C5H12ClN3O3. The van der Waals surface area contributed by atoms with Crippen molar-refractivity contribution in [2.45, 2.75) is 18.5 Å². The molecule has 0 atom stereocenters. The first kappa shape index (κ1) is 13.7. The largest absolute Gasteiger partial charge is 0.479 e. The minimum Gasteiger partial charge on any atom is -0.479 e. The Morgan fingerprint density at radius 1 is 1.33 bits per heavy atom. The Morgan fingerprint density at radius 3 is 2.00 bits per heavy atom. The number of primary amides is 1. The molecule has 7 heteroatoms. The van der Waals surface area contributed by atoms with Crippen molar-refractivity contribution >= 4 is 24.3 Å². The molecular weight excluding hydrogens is 186 g/mol. The van der Waals surface area contributed by atoms with E-state index in [1.165, 1.54) is 0 Å². The lowest BCUT2D eigenvalue weighted by Gasteiger charge is -2.17. The van der Waals surface area contributed by atoms with E-state index in [0.29, 0.717) is 0 Å². The maximum atomic E-state index is 10.2. The van der Waals surface area contributed by atoms with Crippen molar-refractivity contribution in [2.75, 3.05) is 0 Å². The van der Waals surface area contributed by atoms with Gasteiger partial charge in [0.2, 0.25) is 5.91 Å². The summed E-state index contributed by atoms with van der Waals surface area (Å²) in [4.78, 5) is 20.4. The number of hydrogen-bond donors (Lipinski definition) is 4. The molecule has 0 aromatic rings. The van der Waals surface area contributed by atoms with Gasteiger partial charge in [-0.15, -0.1) is 12.4 Å². The quantitative estimate of drug-likeness (QED) is 0.402. The summed E-state index contributed by atoms with van der Waals surface area (Å²) in [5.41, 5.74) is 13.1. The zero-order valence-corrected chi connectivity index (χ0v) is 7.13. The highest BCUT2D eigenvalue weighted by Crippen LogP contribution is 2.01. The smallest absolute Gasteiger partial charge is 0.338 e. The van der Waals surface area contributed by atoms with Gasteiger partial charge in [-0.05, 0) is 6.42 Å². The second-order valence-electron chi connectivity index (χ2n) is 2.31. The minimum atomic E-state index is -1.85. The fraction of sp³-hybridized carbons (Fsp3) is 0.600. The van der Waals surface area contributed by atoms with Gasteiger partial charge in [0.05, 0.1) is 0 Å². The van der Waals surface area contributed by atoms with Crippen LogP contribution < -0.4 is 17.2 Å². The van der Waals surface area contributed by atoms with E-state index in [1.54, 1.807) is 0 Å². The normalized spacial score (nSPS) is 10.2. The molecule has 0 saturated heterocycles. The Kier molecular flexibility index (Phi) is 5.62. The van der Waals surface area contributed by atoms with Crippen LogP contribution in [0.25, 0.3) is 0 Å². The zero-order valence-electron chi connectivity index (χ0n) is 6.32. The topological polar surface area (TPSA) is 132 Å². The molecule has 0 radical (unpaired) electrons. The summed E-state index contributed by atoms with van der Waals surface area (Å²) in [6.45, 7) is 0. The summed E-state index contributed by atoms with van der Waals surface area (Å²) in [6, 6.07) is 0. The van der Waals surface area contributed by atoms with Crippen molar-refractivity contribution < 1.29 is 14.7 Å². The average molecular weight is 198 g/mol. The first-order chi connectivity index (χ1) is 4.86. The SMILES string of the molecule is Cl.NC(=O)CCC(N)(N)C(=O)O. The van der Waals surface area contributed by atoms with Crippen LogP contribution in [0.15, 0.2) is 0 Å². The molecule has 0 rings (SSSR count). The van der Waals surface area contributed by atoms with Gasteiger partial charge >= 0.3 is 5.97 Å². The van der Waals surface area contributed by atoms with Crippen molar-refractivity contribution in [2.24, 2.45) is 17.2 Å². The van der Waals surface area contributed by atoms with Crippen molar-refractivity contribution in [3.05, 3.63) is 0 Å². The molecule has 0 heterocycles. The Bertz CT molecular complexity index is 183. The molecule has 0 aromatic carbocycles. The standard InChI is InChI=1S/C5H11N3O3.ClH/c6-3(9)1-2-5(7,8)4(10)11;/h1-2,7-8H2,(H2,6,9)(H,10,11);1H. The van der Waals surface area contributed by atoms with E-state index in [2.05, 4.69) is 0 Å². The van der Waals surface area contributed by atoms with Crippen LogP contribution >= 0.6 is 12.4 Å². The second-order valence-corrected chi connectivity index (χ2v) is 2.31. The van der Waals surface area contributed by atoms with Gasteiger partial charge in [0.25, 0.3) is 0 Å². The Balaban J connectivity index is 0. The molecule has 1 amide bonds. The number of rotatable bonds is 4. The zero-order chi connectivity index (χ0) is 9.07. The number of carbonyl (C=O) groups is 2. The third-order valence-electron chi connectivity index (χ3n) is 1.18. The van der Waals surface area contributed by atoms with Gasteiger partial charge in [0.15, 0.2) is 5.66 Å². The monoisotopic (exact) mass is 197 g/mol. The summed E-state index contributed by atoms with van der Waals surface area (Å²) in [6.07, 6.45) is -0.281. The van der Waals surface area contributed by atoms with Crippen LogP contribution in [-0.2, 0) is 9.59 Å². The third kappa shape index (κ3) is 4.89. The van der Waals surface area contributed by atoms with Crippen molar-refractivity contribution in [1.82, 2.24) is 0 Å². The van der Waals surface area contributed by atoms with E-state index in [1.807, 2.05) is 0 Å². The van der Waals surface area contributed by atoms with Crippen LogP contribution in [0.4, 0.5) is 0 Å². The molecule has 0 aromatic heterocycles. The van der Waals surface area contributed by atoms with Crippen LogP contribution in [0.3, 0.4) is 0 Å². The predicted molar refractivity (Wildman–Crippen MR) is 44.4 cm³/mol. The van der Waals surface area contributed by atoms with E-state index in [9.17, 15) is 9.59 Å². The molecule has 7 N–H and O–H groups in total. The molecule has 0 spiro atoms. The summed E-state index contributed by atoms with van der Waals surface area (Å²) in [7, 11) is 0. The van der Waals surface area contributed by atoms with E-state index in [-0.39, 0.29) is 25.2 Å². The van der Waals surface area contributed by atoms with Crippen molar-refractivity contribution in [1.29, 1.82) is 0 Å². The predicted octanol–water partition coefficient (Wildman–Crippen LogP) is -1.63. The number of halogens is 1. The highest BCUT2D eigenvalue weighted by Gasteiger charge is 2.28. The molecule has 0 aliphatic rings. The second kappa shape index (κ2) is 4.91. The first-order valence-electron chi connectivity index (χ1n) is 2.95. The maximum absolute atomic E-state index is 10.2. The van der Waals surface area contributed by atoms with Gasteiger partial charge in [-0.25, -0.2) is 4.79 Å². The summed E-state index contributed by atoms with van der Waals surface area (Å²) >= 11 is 0. The molecule has 0 unspecified atom stereocenters. The summed E-state index contributed by atoms with van der Waals surface area (Å²) in [5, 5.41) is 8.35. The highest BCUT2D eigenvalue weighted by molar-refractivity contribution is 5.85. The fourth-order valence-corrected chi connectivity index (χ4v) is 0.437. The van der Waals surface area contributed by atoms with Gasteiger partial charge in [0, 0.05) is 6.42 Å². The average Bonchev–Trinajstić information content (AvgIpc) is 1.84. The molecule has 0 aliphatic carbocycles. The van der Waals surface area contributed by atoms with Gasteiger partial charge in [0.1, 0.15) is 0 Å². The molecule has 72 valence electrons. The van der Waals surface area contributed by atoms with E-state index < -0.39 is 17.5 Å². The van der Waals surface area contributed by atoms with E-state index in [0.717, 1.165) is 0 Å². The maximum Gasteiger partial charge on any atom is 0.338 e. The van der Waals surface area contributed by atoms with Crippen LogP contribution in [-0.4, -0.2) is 22.6 Å². The highest BCUT2D eigenvalue weighted by atomic mass is 35.5. The summed E-state index contributed by atoms with van der Waals surface area (Å²) in [5.74, 6) is -1.97. The minimum absolute atomic E-state index is 0. The first-order valence-corrected chi connectivity index (χ1v) is 2.95. The summed E-state index contributed by atoms with van der Waals surface area (Å²) < 4.78 is 0. The van der Waals surface area contributed by atoms with Gasteiger partial charge in [-0.1, -0.05) is 0 Å². The number of nitrogens with two attached hydrogens (primary N) is 3. The molecule has 0 aliphatic heterocycles. The molecule has 0 fully saturated rings. The van der Waals surface area contributed by atoms with Gasteiger partial charge in [-0.2, -0.15) is 0 Å². The number of carboxylic acids is 1. The van der Waals surface area contributed by atoms with Crippen LogP contribution in [0.2, 0.25) is 0 Å². The van der Waals surface area contributed by atoms with Gasteiger partial charge in [-0.3, -0.25) is 4.79 Å². The van der Waals surface area contributed by atoms with Gasteiger partial charge < -0.3 is 22.3 Å². The lowest BCUT2D eigenvalue weighted by Crippen LogP contribution is -2.56. The number of hydrogen-bond acceptors (Lipinski definition) is 4. The number of aliphatic carboxylic acids is 1. The molecule has 0 bridgehead atoms.